The minimum absolute atomic E-state index is 0.0455. The standard InChI is InChI=1S/C13H21N3O2/c1-2-15-11(17)9-16-12(18)13(10-14)7-5-3-4-6-8-13/h2-9H2,1H3,(H,15,17)(H,16,18). The van der Waals surface area contributed by atoms with Crippen LogP contribution in [0.4, 0.5) is 0 Å². The Morgan fingerprint density at radius 3 is 2.28 bits per heavy atom. The van der Waals surface area contributed by atoms with Crippen molar-refractivity contribution >= 4 is 11.8 Å². The van der Waals surface area contributed by atoms with Gasteiger partial charge in [-0.05, 0) is 19.8 Å². The molecule has 0 bridgehead atoms. The molecule has 0 heterocycles. The third kappa shape index (κ3) is 3.73. The molecule has 5 heteroatoms. The fourth-order valence-corrected chi connectivity index (χ4v) is 2.31. The summed E-state index contributed by atoms with van der Waals surface area (Å²) in [6, 6.07) is 2.17. The predicted octanol–water partition coefficient (Wildman–Crippen LogP) is 1.10. The van der Waals surface area contributed by atoms with Crippen molar-refractivity contribution < 1.29 is 9.59 Å². The highest BCUT2D eigenvalue weighted by molar-refractivity contribution is 5.89. The first kappa shape index (κ1) is 14.5. The molecule has 0 spiro atoms. The van der Waals surface area contributed by atoms with Gasteiger partial charge in [-0.2, -0.15) is 5.26 Å². The van der Waals surface area contributed by atoms with Crippen LogP contribution in [0.3, 0.4) is 0 Å². The van der Waals surface area contributed by atoms with Gasteiger partial charge in [-0.15, -0.1) is 0 Å². The lowest BCUT2D eigenvalue weighted by Crippen LogP contribution is -2.44. The Morgan fingerprint density at radius 1 is 1.17 bits per heavy atom. The number of carbonyl (C=O) groups is 2. The Balaban J connectivity index is 2.56. The van der Waals surface area contributed by atoms with Crippen LogP contribution >= 0.6 is 0 Å². The number of nitriles is 1. The average Bonchev–Trinajstić information content (AvgIpc) is 2.62. The Hall–Kier alpha value is -1.57. The summed E-state index contributed by atoms with van der Waals surface area (Å²) in [5, 5.41) is 14.5. The third-order valence-corrected chi connectivity index (χ3v) is 3.39. The molecule has 0 atom stereocenters. The van der Waals surface area contributed by atoms with Crippen LogP contribution in [0, 0.1) is 16.7 Å². The van der Waals surface area contributed by atoms with Crippen LogP contribution in [-0.4, -0.2) is 24.9 Å². The summed E-state index contributed by atoms with van der Waals surface area (Å²) in [5.74, 6) is -0.509. The second kappa shape index (κ2) is 7.00. The van der Waals surface area contributed by atoms with E-state index < -0.39 is 5.41 Å². The van der Waals surface area contributed by atoms with Gasteiger partial charge in [0.15, 0.2) is 0 Å². The Morgan fingerprint density at radius 2 is 1.78 bits per heavy atom. The van der Waals surface area contributed by atoms with E-state index in [-0.39, 0.29) is 18.4 Å². The van der Waals surface area contributed by atoms with Crippen molar-refractivity contribution in [1.82, 2.24) is 10.6 Å². The number of hydrogen-bond acceptors (Lipinski definition) is 3. The average molecular weight is 251 g/mol. The smallest absolute Gasteiger partial charge is 0.240 e. The van der Waals surface area contributed by atoms with E-state index in [1.54, 1.807) is 0 Å². The first-order valence-corrected chi connectivity index (χ1v) is 6.61. The summed E-state index contributed by atoms with van der Waals surface area (Å²) in [5.41, 5.74) is -0.928. The Labute approximate surface area is 108 Å². The second-order valence-electron chi connectivity index (χ2n) is 4.74. The number of carbonyl (C=O) groups excluding carboxylic acids is 2. The normalized spacial score (nSPS) is 18.2. The molecule has 2 amide bonds. The number of nitrogens with one attached hydrogen (secondary N) is 2. The molecule has 18 heavy (non-hydrogen) atoms. The van der Waals surface area contributed by atoms with Crippen molar-refractivity contribution in [2.45, 2.75) is 45.4 Å². The summed E-state index contributed by atoms with van der Waals surface area (Å²) >= 11 is 0. The second-order valence-corrected chi connectivity index (χ2v) is 4.74. The molecule has 0 saturated heterocycles. The van der Waals surface area contributed by atoms with Gasteiger partial charge >= 0.3 is 0 Å². The van der Waals surface area contributed by atoms with Crippen LogP contribution in [0.5, 0.6) is 0 Å². The van der Waals surface area contributed by atoms with Crippen LogP contribution < -0.4 is 10.6 Å². The van der Waals surface area contributed by atoms with E-state index in [2.05, 4.69) is 16.7 Å². The summed E-state index contributed by atoms with van der Waals surface area (Å²) in [6.45, 7) is 2.32. The van der Waals surface area contributed by atoms with Crippen LogP contribution in [0.25, 0.3) is 0 Å². The molecule has 0 radical (unpaired) electrons. The van der Waals surface area contributed by atoms with Crippen LogP contribution in [-0.2, 0) is 9.59 Å². The molecule has 1 saturated carbocycles. The van der Waals surface area contributed by atoms with Gasteiger partial charge in [0.1, 0.15) is 5.41 Å². The van der Waals surface area contributed by atoms with Gasteiger partial charge in [-0.1, -0.05) is 25.7 Å². The molecule has 100 valence electrons. The maximum atomic E-state index is 12.1. The van der Waals surface area contributed by atoms with Gasteiger partial charge in [0.2, 0.25) is 11.8 Å². The van der Waals surface area contributed by atoms with Crippen LogP contribution in [0.1, 0.15) is 45.4 Å². The van der Waals surface area contributed by atoms with Gasteiger partial charge in [-0.3, -0.25) is 9.59 Å². The van der Waals surface area contributed by atoms with E-state index in [9.17, 15) is 14.9 Å². The first-order valence-electron chi connectivity index (χ1n) is 6.61. The van der Waals surface area contributed by atoms with E-state index in [1.165, 1.54) is 0 Å². The molecule has 0 aromatic heterocycles. The van der Waals surface area contributed by atoms with E-state index >= 15 is 0 Å². The van der Waals surface area contributed by atoms with E-state index in [0.717, 1.165) is 25.7 Å². The molecule has 1 fully saturated rings. The van der Waals surface area contributed by atoms with Gasteiger partial charge < -0.3 is 10.6 Å². The lowest BCUT2D eigenvalue weighted by molar-refractivity contribution is -0.131. The molecule has 1 aliphatic rings. The number of nitrogens with zero attached hydrogens (tertiary/aromatic N) is 1. The fraction of sp³-hybridized carbons (Fsp3) is 0.769. The summed E-state index contributed by atoms with van der Waals surface area (Å²) in [7, 11) is 0. The van der Waals surface area contributed by atoms with Crippen molar-refractivity contribution in [3.05, 3.63) is 0 Å². The quantitative estimate of drug-likeness (QED) is 0.734. The molecule has 5 nitrogen and oxygen atoms in total. The highest BCUT2D eigenvalue weighted by Crippen LogP contribution is 2.34. The van der Waals surface area contributed by atoms with Crippen molar-refractivity contribution in [2.24, 2.45) is 5.41 Å². The molecule has 1 aliphatic carbocycles. The fourth-order valence-electron chi connectivity index (χ4n) is 2.31. The molecule has 0 aromatic rings. The van der Waals surface area contributed by atoms with Gasteiger partial charge in [-0.25, -0.2) is 0 Å². The van der Waals surface area contributed by atoms with Crippen LogP contribution in [0.2, 0.25) is 0 Å². The zero-order valence-corrected chi connectivity index (χ0v) is 10.9. The molecule has 2 N–H and O–H groups in total. The largest absolute Gasteiger partial charge is 0.355 e. The number of hydrogen-bond donors (Lipinski definition) is 2. The van der Waals surface area contributed by atoms with Crippen molar-refractivity contribution in [2.75, 3.05) is 13.1 Å². The Kier molecular flexibility index (Phi) is 5.63. The predicted molar refractivity (Wildman–Crippen MR) is 67.4 cm³/mol. The summed E-state index contributed by atoms with van der Waals surface area (Å²) in [6.07, 6.45) is 5.17. The molecular weight excluding hydrogens is 230 g/mol. The van der Waals surface area contributed by atoms with E-state index in [1.807, 2.05) is 6.92 Å². The topological polar surface area (TPSA) is 82.0 Å². The van der Waals surface area contributed by atoms with Gasteiger partial charge in [0.25, 0.3) is 0 Å². The monoisotopic (exact) mass is 251 g/mol. The molecule has 0 aliphatic heterocycles. The maximum absolute atomic E-state index is 12.1. The third-order valence-electron chi connectivity index (χ3n) is 3.39. The van der Waals surface area contributed by atoms with Crippen LogP contribution in [0.15, 0.2) is 0 Å². The molecule has 1 rings (SSSR count). The first-order chi connectivity index (χ1) is 8.64. The molecule has 0 aromatic carbocycles. The molecule has 0 unspecified atom stereocenters. The number of amides is 2. The minimum atomic E-state index is -0.928. The van der Waals surface area contributed by atoms with Crippen molar-refractivity contribution in [3.63, 3.8) is 0 Å². The minimum Gasteiger partial charge on any atom is -0.355 e. The number of rotatable bonds is 4. The zero-order valence-electron chi connectivity index (χ0n) is 10.9. The Bertz CT molecular complexity index is 339. The highest BCUT2D eigenvalue weighted by Gasteiger charge is 2.38. The van der Waals surface area contributed by atoms with Crippen molar-refractivity contribution in [1.29, 1.82) is 5.26 Å². The highest BCUT2D eigenvalue weighted by atomic mass is 16.2. The zero-order chi connectivity index (χ0) is 13.4. The van der Waals surface area contributed by atoms with Crippen molar-refractivity contribution in [3.8, 4) is 6.07 Å². The van der Waals surface area contributed by atoms with E-state index in [4.69, 9.17) is 0 Å². The van der Waals surface area contributed by atoms with E-state index in [0.29, 0.717) is 19.4 Å². The summed E-state index contributed by atoms with van der Waals surface area (Å²) < 4.78 is 0. The number of likely N-dealkylation sites (N-methyl/N-ethyl adjacent to an activating group) is 1. The van der Waals surface area contributed by atoms with Gasteiger partial charge in [0, 0.05) is 6.54 Å². The SMILES string of the molecule is CCNC(=O)CNC(=O)C1(C#N)CCCCCC1. The van der Waals surface area contributed by atoms with Gasteiger partial charge in [0.05, 0.1) is 12.6 Å². The summed E-state index contributed by atoms with van der Waals surface area (Å²) in [4.78, 5) is 23.4. The molecular formula is C13H21N3O2. The lowest BCUT2D eigenvalue weighted by atomic mass is 9.81. The lowest BCUT2D eigenvalue weighted by Gasteiger charge is -2.23. The maximum Gasteiger partial charge on any atom is 0.240 e.